The lowest BCUT2D eigenvalue weighted by molar-refractivity contribution is 0.975. The number of nitrogens with one attached hydrogen (secondary N) is 1. The molecule has 0 radical (unpaired) electrons. The van der Waals surface area contributed by atoms with Crippen LogP contribution < -0.4 is 4.90 Å². The van der Waals surface area contributed by atoms with Crippen LogP contribution in [0, 0.1) is 11.3 Å². The lowest BCUT2D eigenvalue weighted by atomic mass is 10.1. The molecule has 0 bridgehead atoms. The van der Waals surface area contributed by atoms with Crippen LogP contribution in [0.2, 0.25) is 5.02 Å². The zero-order valence-electron chi connectivity index (χ0n) is 11.7. The van der Waals surface area contributed by atoms with E-state index in [0.717, 1.165) is 16.9 Å². The molecule has 0 aliphatic heterocycles. The molecular weight excluding hydrogens is 296 g/mol. The zero-order chi connectivity index (χ0) is 15.4. The standard InChI is InChI=1S/C17H13ClN4/c18-15-5-2-6-16(8-15)22(17-10-20-21-11-17)12-14-4-1-3-13(7-14)9-19/h1-8,10-11H,12H2,(H,20,21). The van der Waals surface area contributed by atoms with Crippen molar-refractivity contribution in [1.82, 2.24) is 10.2 Å². The molecular formula is C17H13ClN4. The SMILES string of the molecule is N#Cc1cccc(CN(c2cn[nH]c2)c2cccc(Cl)c2)c1. The normalized spacial score (nSPS) is 10.2. The number of aromatic amines is 1. The van der Waals surface area contributed by atoms with Crippen molar-refractivity contribution in [1.29, 1.82) is 5.26 Å². The molecule has 0 amide bonds. The zero-order valence-corrected chi connectivity index (χ0v) is 12.5. The average molecular weight is 309 g/mol. The minimum Gasteiger partial charge on any atom is -0.334 e. The second-order valence-electron chi connectivity index (χ2n) is 4.83. The Morgan fingerprint density at radius 1 is 1.14 bits per heavy atom. The molecule has 1 aromatic heterocycles. The molecule has 0 saturated heterocycles. The first-order valence-electron chi connectivity index (χ1n) is 6.77. The number of anilines is 2. The van der Waals surface area contributed by atoms with Gasteiger partial charge >= 0.3 is 0 Å². The van der Waals surface area contributed by atoms with Gasteiger partial charge in [-0.05, 0) is 35.9 Å². The molecule has 0 aliphatic carbocycles. The summed E-state index contributed by atoms with van der Waals surface area (Å²) in [6, 6.07) is 17.4. The molecule has 108 valence electrons. The molecule has 0 aliphatic rings. The second kappa shape index (κ2) is 6.33. The van der Waals surface area contributed by atoms with Crippen molar-refractivity contribution < 1.29 is 0 Å². The fourth-order valence-electron chi connectivity index (χ4n) is 2.29. The van der Waals surface area contributed by atoms with E-state index in [1.807, 2.05) is 48.7 Å². The number of nitrogens with zero attached hydrogens (tertiary/aromatic N) is 3. The first-order chi connectivity index (χ1) is 10.8. The number of benzene rings is 2. The fourth-order valence-corrected chi connectivity index (χ4v) is 2.47. The summed E-state index contributed by atoms with van der Waals surface area (Å²) in [6.07, 6.45) is 3.59. The van der Waals surface area contributed by atoms with E-state index in [1.165, 1.54) is 0 Å². The van der Waals surface area contributed by atoms with E-state index >= 15 is 0 Å². The van der Waals surface area contributed by atoms with Gasteiger partial charge in [0.05, 0.1) is 23.5 Å². The van der Waals surface area contributed by atoms with Crippen molar-refractivity contribution in [2.24, 2.45) is 0 Å². The van der Waals surface area contributed by atoms with Gasteiger partial charge in [-0.25, -0.2) is 0 Å². The average Bonchev–Trinajstić information content (AvgIpc) is 3.07. The van der Waals surface area contributed by atoms with E-state index in [-0.39, 0.29) is 0 Å². The minimum atomic E-state index is 0.620. The van der Waals surface area contributed by atoms with Gasteiger partial charge in [0.15, 0.2) is 0 Å². The molecule has 3 aromatic rings. The van der Waals surface area contributed by atoms with Crippen LogP contribution in [0.4, 0.5) is 11.4 Å². The molecule has 1 N–H and O–H groups in total. The minimum absolute atomic E-state index is 0.620. The molecule has 3 rings (SSSR count). The van der Waals surface area contributed by atoms with E-state index in [9.17, 15) is 0 Å². The van der Waals surface area contributed by atoms with Crippen molar-refractivity contribution in [2.75, 3.05) is 4.90 Å². The van der Waals surface area contributed by atoms with Crippen LogP contribution in [0.15, 0.2) is 60.9 Å². The summed E-state index contributed by atoms with van der Waals surface area (Å²) in [7, 11) is 0. The van der Waals surface area contributed by atoms with Gasteiger partial charge in [0, 0.05) is 23.5 Å². The number of H-pyrrole nitrogens is 1. The molecule has 5 heteroatoms. The van der Waals surface area contributed by atoms with Crippen LogP contribution in [-0.4, -0.2) is 10.2 Å². The highest BCUT2D eigenvalue weighted by Crippen LogP contribution is 2.28. The van der Waals surface area contributed by atoms with E-state index in [0.29, 0.717) is 17.1 Å². The highest BCUT2D eigenvalue weighted by Gasteiger charge is 2.12. The quantitative estimate of drug-likeness (QED) is 0.783. The van der Waals surface area contributed by atoms with Gasteiger partial charge in [0.2, 0.25) is 0 Å². The maximum atomic E-state index is 9.04. The third kappa shape index (κ3) is 3.11. The smallest absolute Gasteiger partial charge is 0.0991 e. The van der Waals surface area contributed by atoms with Crippen molar-refractivity contribution in [3.8, 4) is 6.07 Å². The summed E-state index contributed by atoms with van der Waals surface area (Å²) >= 11 is 6.11. The molecule has 1 heterocycles. The molecule has 0 unspecified atom stereocenters. The number of nitriles is 1. The van der Waals surface area contributed by atoms with Crippen LogP contribution in [0.1, 0.15) is 11.1 Å². The first-order valence-corrected chi connectivity index (χ1v) is 7.15. The largest absolute Gasteiger partial charge is 0.334 e. The Bertz CT molecular complexity index is 806. The number of aromatic nitrogens is 2. The Hall–Kier alpha value is -2.77. The van der Waals surface area contributed by atoms with Gasteiger partial charge < -0.3 is 4.90 Å². The summed E-state index contributed by atoms with van der Waals surface area (Å²) in [5, 5.41) is 16.6. The number of hydrogen-bond acceptors (Lipinski definition) is 3. The van der Waals surface area contributed by atoms with E-state index < -0.39 is 0 Å². The highest BCUT2D eigenvalue weighted by atomic mass is 35.5. The Labute approximate surface area is 133 Å². The van der Waals surface area contributed by atoms with Crippen molar-refractivity contribution in [2.45, 2.75) is 6.54 Å². The summed E-state index contributed by atoms with van der Waals surface area (Å²) in [6.45, 7) is 0.620. The Morgan fingerprint density at radius 2 is 2.00 bits per heavy atom. The molecule has 0 atom stereocenters. The van der Waals surface area contributed by atoms with Crippen molar-refractivity contribution >= 4 is 23.0 Å². The summed E-state index contributed by atoms with van der Waals surface area (Å²) in [5.74, 6) is 0. The molecule has 2 aromatic carbocycles. The number of halogens is 1. The van der Waals surface area contributed by atoms with Crippen LogP contribution in [0.3, 0.4) is 0 Å². The van der Waals surface area contributed by atoms with Gasteiger partial charge in [-0.1, -0.05) is 29.8 Å². The van der Waals surface area contributed by atoms with E-state index in [2.05, 4.69) is 21.2 Å². The fraction of sp³-hybridized carbons (Fsp3) is 0.0588. The lowest BCUT2D eigenvalue weighted by Crippen LogP contribution is -2.15. The van der Waals surface area contributed by atoms with Crippen LogP contribution in [0.25, 0.3) is 0 Å². The Morgan fingerprint density at radius 3 is 2.73 bits per heavy atom. The maximum absolute atomic E-state index is 9.04. The highest BCUT2D eigenvalue weighted by molar-refractivity contribution is 6.30. The number of hydrogen-bond donors (Lipinski definition) is 1. The molecule has 4 nitrogen and oxygen atoms in total. The second-order valence-corrected chi connectivity index (χ2v) is 5.27. The van der Waals surface area contributed by atoms with Crippen LogP contribution >= 0.6 is 11.6 Å². The monoisotopic (exact) mass is 308 g/mol. The van der Waals surface area contributed by atoms with Crippen molar-refractivity contribution in [3.63, 3.8) is 0 Å². The van der Waals surface area contributed by atoms with Gasteiger partial charge in [0.25, 0.3) is 0 Å². The lowest BCUT2D eigenvalue weighted by Gasteiger charge is -2.23. The van der Waals surface area contributed by atoms with Crippen molar-refractivity contribution in [3.05, 3.63) is 77.1 Å². The predicted molar refractivity (Wildman–Crippen MR) is 87.0 cm³/mol. The summed E-state index contributed by atoms with van der Waals surface area (Å²) in [4.78, 5) is 2.09. The van der Waals surface area contributed by atoms with Gasteiger partial charge in [-0.3, -0.25) is 5.10 Å². The topological polar surface area (TPSA) is 55.7 Å². The van der Waals surface area contributed by atoms with E-state index in [1.54, 1.807) is 12.3 Å². The molecule has 22 heavy (non-hydrogen) atoms. The van der Waals surface area contributed by atoms with Crippen LogP contribution in [-0.2, 0) is 6.54 Å². The van der Waals surface area contributed by atoms with Crippen LogP contribution in [0.5, 0.6) is 0 Å². The van der Waals surface area contributed by atoms with Gasteiger partial charge in [-0.2, -0.15) is 10.4 Å². The number of rotatable bonds is 4. The molecule has 0 saturated carbocycles. The third-order valence-corrected chi connectivity index (χ3v) is 3.55. The Kier molecular flexibility index (Phi) is 4.08. The van der Waals surface area contributed by atoms with Gasteiger partial charge in [0.1, 0.15) is 0 Å². The molecule has 0 fully saturated rings. The first kappa shape index (κ1) is 14.2. The molecule has 0 spiro atoms. The predicted octanol–water partition coefficient (Wildman–Crippen LogP) is 4.27. The van der Waals surface area contributed by atoms with Gasteiger partial charge in [-0.15, -0.1) is 0 Å². The summed E-state index contributed by atoms with van der Waals surface area (Å²) in [5.41, 5.74) is 3.59. The van der Waals surface area contributed by atoms with E-state index in [4.69, 9.17) is 16.9 Å². The Balaban J connectivity index is 1.98. The maximum Gasteiger partial charge on any atom is 0.0991 e. The third-order valence-electron chi connectivity index (χ3n) is 3.31. The summed E-state index contributed by atoms with van der Waals surface area (Å²) < 4.78 is 0.